The van der Waals surface area contributed by atoms with E-state index in [9.17, 15) is 0 Å². The van der Waals surface area contributed by atoms with Gasteiger partial charge in [0.2, 0.25) is 0 Å². The van der Waals surface area contributed by atoms with E-state index >= 15 is 0 Å². The van der Waals surface area contributed by atoms with Crippen LogP contribution in [0.2, 0.25) is 0 Å². The fourth-order valence-corrected chi connectivity index (χ4v) is 4.67. The van der Waals surface area contributed by atoms with Crippen LogP contribution in [0.15, 0.2) is 41.7 Å². The Morgan fingerprint density at radius 2 is 1.87 bits per heavy atom. The summed E-state index contributed by atoms with van der Waals surface area (Å²) in [5.41, 5.74) is 1.25. The normalized spacial score (nSPS) is 20.1. The lowest BCUT2D eigenvalue weighted by Crippen LogP contribution is -2.60. The standard InChI is InChI=1S/C22H33N7O/c1-23-21(24-16-20-27-26-18-29(20)19-8-4-2-5-9-19)25-17-22(10-6-3-7-11-22)28-12-14-30-15-13-28/h2,4-5,8-9,18H,3,6-7,10-17H2,1H3,(H2,23,24,25). The summed E-state index contributed by atoms with van der Waals surface area (Å²) in [5.74, 6) is 1.65. The Balaban J connectivity index is 1.37. The Morgan fingerprint density at radius 3 is 2.60 bits per heavy atom. The fourth-order valence-electron chi connectivity index (χ4n) is 4.67. The van der Waals surface area contributed by atoms with Gasteiger partial charge in [-0.15, -0.1) is 10.2 Å². The number of guanidine groups is 1. The van der Waals surface area contributed by atoms with Gasteiger partial charge >= 0.3 is 0 Å². The number of benzene rings is 1. The lowest BCUT2D eigenvalue weighted by molar-refractivity contribution is -0.0352. The summed E-state index contributed by atoms with van der Waals surface area (Å²) in [7, 11) is 1.82. The van der Waals surface area contributed by atoms with Crippen LogP contribution in [0, 0.1) is 0 Å². The first kappa shape index (κ1) is 20.8. The minimum absolute atomic E-state index is 0.198. The second-order valence-corrected chi connectivity index (χ2v) is 8.12. The second kappa shape index (κ2) is 10.0. The smallest absolute Gasteiger partial charge is 0.191 e. The molecule has 2 heterocycles. The second-order valence-electron chi connectivity index (χ2n) is 8.12. The summed E-state index contributed by atoms with van der Waals surface area (Å²) >= 11 is 0. The Morgan fingerprint density at radius 1 is 1.10 bits per heavy atom. The first-order valence-corrected chi connectivity index (χ1v) is 11.0. The quantitative estimate of drug-likeness (QED) is 0.559. The SMILES string of the molecule is CN=C(NCc1nncn1-c1ccccc1)NCC1(N2CCOCC2)CCCCC1. The molecule has 8 nitrogen and oxygen atoms in total. The number of nitrogens with one attached hydrogen (secondary N) is 2. The van der Waals surface area contributed by atoms with Crippen LogP contribution in [0.1, 0.15) is 37.9 Å². The van der Waals surface area contributed by atoms with Crippen molar-refractivity contribution in [2.75, 3.05) is 39.9 Å². The van der Waals surface area contributed by atoms with E-state index in [1.54, 1.807) is 6.33 Å². The molecule has 1 aromatic heterocycles. The number of morpholine rings is 1. The van der Waals surface area contributed by atoms with Crippen molar-refractivity contribution in [2.24, 2.45) is 4.99 Å². The van der Waals surface area contributed by atoms with Gasteiger partial charge in [-0.3, -0.25) is 14.5 Å². The molecule has 1 aliphatic carbocycles. The molecule has 1 aliphatic heterocycles. The minimum Gasteiger partial charge on any atom is -0.379 e. The third-order valence-electron chi connectivity index (χ3n) is 6.34. The van der Waals surface area contributed by atoms with Crippen molar-refractivity contribution in [1.29, 1.82) is 0 Å². The average molecular weight is 412 g/mol. The monoisotopic (exact) mass is 411 g/mol. The zero-order chi connectivity index (χ0) is 20.7. The molecule has 0 amide bonds. The molecule has 2 fully saturated rings. The van der Waals surface area contributed by atoms with E-state index in [1.807, 2.05) is 29.8 Å². The number of nitrogens with zero attached hydrogens (tertiary/aromatic N) is 5. The fraction of sp³-hybridized carbons (Fsp3) is 0.591. The van der Waals surface area contributed by atoms with Gasteiger partial charge in [0.25, 0.3) is 0 Å². The van der Waals surface area contributed by atoms with Crippen molar-refractivity contribution in [1.82, 2.24) is 30.3 Å². The summed E-state index contributed by atoms with van der Waals surface area (Å²) in [6.07, 6.45) is 8.15. The highest BCUT2D eigenvalue weighted by Gasteiger charge is 2.38. The highest BCUT2D eigenvalue weighted by molar-refractivity contribution is 5.79. The van der Waals surface area contributed by atoms with Crippen molar-refractivity contribution in [3.8, 4) is 5.69 Å². The molecule has 4 rings (SSSR count). The van der Waals surface area contributed by atoms with E-state index < -0.39 is 0 Å². The molecular formula is C22H33N7O. The largest absolute Gasteiger partial charge is 0.379 e. The number of aliphatic imine (C=N–C) groups is 1. The maximum Gasteiger partial charge on any atom is 0.191 e. The number of ether oxygens (including phenoxy) is 1. The predicted octanol–water partition coefficient (Wildman–Crippen LogP) is 1.97. The molecule has 162 valence electrons. The molecule has 0 unspecified atom stereocenters. The number of hydrogen-bond donors (Lipinski definition) is 2. The van der Waals surface area contributed by atoms with Crippen molar-refractivity contribution in [3.63, 3.8) is 0 Å². The lowest BCUT2D eigenvalue weighted by Gasteiger charge is -2.48. The summed E-state index contributed by atoms with van der Waals surface area (Å²) in [4.78, 5) is 7.09. The van der Waals surface area contributed by atoms with Gasteiger partial charge < -0.3 is 15.4 Å². The summed E-state index contributed by atoms with van der Waals surface area (Å²) in [6.45, 7) is 5.17. The highest BCUT2D eigenvalue weighted by atomic mass is 16.5. The van der Waals surface area contributed by atoms with E-state index in [1.165, 1.54) is 32.1 Å². The zero-order valence-corrected chi connectivity index (χ0v) is 17.9. The van der Waals surface area contributed by atoms with Crippen LogP contribution in [0.25, 0.3) is 5.69 Å². The van der Waals surface area contributed by atoms with Gasteiger partial charge in [-0.25, -0.2) is 0 Å². The number of hydrogen-bond acceptors (Lipinski definition) is 5. The number of para-hydroxylation sites is 1. The van der Waals surface area contributed by atoms with Crippen LogP contribution in [-0.2, 0) is 11.3 Å². The first-order chi connectivity index (χ1) is 14.8. The van der Waals surface area contributed by atoms with Crippen LogP contribution in [0.5, 0.6) is 0 Å². The van der Waals surface area contributed by atoms with Gasteiger partial charge in [0.15, 0.2) is 11.8 Å². The van der Waals surface area contributed by atoms with Gasteiger partial charge in [0.1, 0.15) is 6.33 Å². The molecule has 0 bridgehead atoms. The third-order valence-corrected chi connectivity index (χ3v) is 6.34. The molecule has 1 saturated heterocycles. The first-order valence-electron chi connectivity index (χ1n) is 11.0. The summed E-state index contributed by atoms with van der Waals surface area (Å²) in [6, 6.07) is 10.1. The van der Waals surface area contributed by atoms with Crippen LogP contribution in [0.3, 0.4) is 0 Å². The third kappa shape index (κ3) is 4.82. The number of aromatic nitrogens is 3. The molecule has 1 aromatic carbocycles. The molecule has 8 heteroatoms. The van der Waals surface area contributed by atoms with Gasteiger partial charge in [-0.05, 0) is 25.0 Å². The maximum atomic E-state index is 5.60. The van der Waals surface area contributed by atoms with Crippen LogP contribution in [0.4, 0.5) is 0 Å². The van der Waals surface area contributed by atoms with Crippen LogP contribution in [-0.4, -0.2) is 71.1 Å². The summed E-state index contributed by atoms with van der Waals surface area (Å²) in [5, 5.41) is 15.4. The van der Waals surface area contributed by atoms with E-state index in [4.69, 9.17) is 4.74 Å². The predicted molar refractivity (Wildman–Crippen MR) is 118 cm³/mol. The minimum atomic E-state index is 0.198. The molecule has 0 radical (unpaired) electrons. The van der Waals surface area contributed by atoms with Crippen LogP contribution >= 0.6 is 0 Å². The molecule has 30 heavy (non-hydrogen) atoms. The van der Waals surface area contributed by atoms with E-state index in [0.29, 0.717) is 6.54 Å². The Bertz CT molecular complexity index is 808. The van der Waals surface area contributed by atoms with Gasteiger partial charge in [0.05, 0.1) is 19.8 Å². The molecule has 2 N–H and O–H groups in total. The average Bonchev–Trinajstić information content (AvgIpc) is 3.30. The zero-order valence-electron chi connectivity index (χ0n) is 17.9. The molecule has 2 aliphatic rings. The molecule has 0 atom stereocenters. The van der Waals surface area contributed by atoms with Crippen molar-refractivity contribution in [3.05, 3.63) is 42.5 Å². The van der Waals surface area contributed by atoms with Crippen molar-refractivity contribution in [2.45, 2.75) is 44.2 Å². The Labute approximate surface area is 178 Å². The highest BCUT2D eigenvalue weighted by Crippen LogP contribution is 2.33. The van der Waals surface area contributed by atoms with E-state index in [0.717, 1.165) is 50.3 Å². The topological polar surface area (TPSA) is 79.6 Å². The van der Waals surface area contributed by atoms with Gasteiger partial charge in [-0.2, -0.15) is 0 Å². The Kier molecular flexibility index (Phi) is 6.96. The van der Waals surface area contributed by atoms with Gasteiger partial charge in [-0.1, -0.05) is 37.5 Å². The molecular weight excluding hydrogens is 378 g/mol. The van der Waals surface area contributed by atoms with Crippen LogP contribution < -0.4 is 10.6 Å². The molecule has 0 spiro atoms. The number of rotatable bonds is 6. The Hall–Kier alpha value is -2.45. The lowest BCUT2D eigenvalue weighted by atomic mass is 9.80. The van der Waals surface area contributed by atoms with Crippen molar-refractivity contribution >= 4 is 5.96 Å². The molecule has 1 saturated carbocycles. The molecule has 2 aromatic rings. The van der Waals surface area contributed by atoms with E-state index in [-0.39, 0.29) is 5.54 Å². The summed E-state index contributed by atoms with van der Waals surface area (Å²) < 4.78 is 7.59. The van der Waals surface area contributed by atoms with Gasteiger partial charge in [0, 0.05) is 37.9 Å². The van der Waals surface area contributed by atoms with E-state index in [2.05, 4.69) is 42.9 Å². The maximum absolute atomic E-state index is 5.60. The van der Waals surface area contributed by atoms with Crippen molar-refractivity contribution < 1.29 is 4.74 Å².